The largest absolute Gasteiger partial charge is 0.662 e. The number of hydrogen-bond donors (Lipinski definition) is 0. The van der Waals surface area contributed by atoms with E-state index < -0.39 is 0 Å². The maximum absolute atomic E-state index is 4.70. The molecule has 2 radical (unpaired) electrons. The Morgan fingerprint density at radius 3 is 2.53 bits per heavy atom. The van der Waals surface area contributed by atoms with Gasteiger partial charge in [-0.3, -0.25) is 4.99 Å². The molecule has 0 bridgehead atoms. The predicted molar refractivity (Wildman–Crippen MR) is 62.5 cm³/mol. The van der Waals surface area contributed by atoms with E-state index in [2.05, 4.69) is 29.6 Å². The fraction of sp³-hybridized carbons (Fsp3) is 0.462. The number of rotatable bonds is 1. The average molecular weight is 377 g/mol. The molecular formula is C13H15N2Y2-. The van der Waals surface area contributed by atoms with Crippen LogP contribution in [0.1, 0.15) is 24.0 Å². The molecule has 0 aromatic heterocycles. The summed E-state index contributed by atoms with van der Waals surface area (Å²) >= 11 is 0. The molecule has 0 atom stereocenters. The molecule has 1 saturated heterocycles. The minimum Gasteiger partial charge on any atom is -0.662 e. The second kappa shape index (κ2) is 7.60. The van der Waals surface area contributed by atoms with E-state index in [0.29, 0.717) is 5.92 Å². The molecule has 2 aliphatic rings. The van der Waals surface area contributed by atoms with Crippen molar-refractivity contribution in [3.05, 3.63) is 40.7 Å². The molecule has 3 rings (SSSR count). The van der Waals surface area contributed by atoms with Gasteiger partial charge in [0.1, 0.15) is 0 Å². The Morgan fingerprint density at radius 2 is 1.76 bits per heavy atom. The molecule has 0 unspecified atom stereocenters. The molecule has 0 N–H and O–H groups in total. The fourth-order valence-corrected chi connectivity index (χ4v) is 2.54. The van der Waals surface area contributed by atoms with Gasteiger partial charge in [0.2, 0.25) is 0 Å². The van der Waals surface area contributed by atoms with Gasteiger partial charge in [-0.2, -0.15) is 0 Å². The van der Waals surface area contributed by atoms with Crippen LogP contribution in [0.3, 0.4) is 0 Å². The monoisotopic (exact) mass is 377 g/mol. The second-order valence-corrected chi connectivity index (χ2v) is 4.30. The van der Waals surface area contributed by atoms with Crippen molar-refractivity contribution < 1.29 is 65.4 Å². The van der Waals surface area contributed by atoms with Crippen LogP contribution in [0, 0.1) is 5.92 Å². The van der Waals surface area contributed by atoms with Crippen LogP contribution < -0.4 is 0 Å². The van der Waals surface area contributed by atoms with Gasteiger partial charge >= 0.3 is 0 Å². The molecule has 0 saturated carbocycles. The third kappa shape index (κ3) is 3.54. The van der Waals surface area contributed by atoms with E-state index in [1.54, 1.807) is 0 Å². The molecule has 84 valence electrons. The van der Waals surface area contributed by atoms with Gasteiger partial charge in [0.05, 0.1) is 6.54 Å². The second-order valence-electron chi connectivity index (χ2n) is 4.30. The van der Waals surface area contributed by atoms with E-state index in [0.717, 1.165) is 19.6 Å². The normalized spacial score (nSPS) is 18.7. The molecule has 2 heterocycles. The van der Waals surface area contributed by atoms with Crippen LogP contribution in [-0.2, 0) is 72.0 Å². The van der Waals surface area contributed by atoms with E-state index in [4.69, 9.17) is 4.99 Å². The minimum atomic E-state index is 0. The topological polar surface area (TPSA) is 26.5 Å². The molecule has 0 aliphatic carbocycles. The van der Waals surface area contributed by atoms with Crippen LogP contribution in [0.5, 0.6) is 0 Å². The molecule has 2 nitrogen and oxygen atoms in total. The smallest absolute Gasteiger partial charge is 0.0649 e. The van der Waals surface area contributed by atoms with Gasteiger partial charge in [-0.1, -0.05) is 37.1 Å². The van der Waals surface area contributed by atoms with Crippen LogP contribution >= 0.6 is 0 Å². The van der Waals surface area contributed by atoms with Crippen LogP contribution in [0.4, 0.5) is 0 Å². The van der Waals surface area contributed by atoms with Gasteiger partial charge < -0.3 is 5.32 Å². The zero-order valence-corrected chi connectivity index (χ0v) is 15.6. The van der Waals surface area contributed by atoms with E-state index >= 15 is 0 Å². The van der Waals surface area contributed by atoms with Gasteiger partial charge in [-0.25, -0.2) is 0 Å². The van der Waals surface area contributed by atoms with Crippen molar-refractivity contribution in [3.63, 3.8) is 0 Å². The number of benzene rings is 1. The Kier molecular flexibility index (Phi) is 7.20. The van der Waals surface area contributed by atoms with Crippen molar-refractivity contribution >= 4 is 5.71 Å². The molecule has 17 heavy (non-hydrogen) atoms. The first kappa shape index (κ1) is 16.1. The standard InChI is InChI=1S/C13H15N2.2Y/c1-2-4-12-11(3-1)9-15-13(12)10-5-7-14-8-6-10;;/h1-4,10H,5-9H2;;/q-1;;. The summed E-state index contributed by atoms with van der Waals surface area (Å²) < 4.78 is 0. The van der Waals surface area contributed by atoms with Crippen molar-refractivity contribution in [2.45, 2.75) is 19.4 Å². The maximum Gasteiger partial charge on any atom is 0.0649 e. The summed E-state index contributed by atoms with van der Waals surface area (Å²) in [6.07, 6.45) is 2.38. The van der Waals surface area contributed by atoms with E-state index in [-0.39, 0.29) is 65.4 Å². The first-order chi connectivity index (χ1) is 7.45. The summed E-state index contributed by atoms with van der Waals surface area (Å²) in [7, 11) is 0. The summed E-state index contributed by atoms with van der Waals surface area (Å²) in [5.74, 6) is 0.658. The van der Waals surface area contributed by atoms with Crippen molar-refractivity contribution in [2.24, 2.45) is 10.9 Å². The SMILES string of the molecule is [Y].[Y].c1ccc2c(c1)CN=C2C1CC[N-]CC1. The molecule has 4 heteroatoms. The van der Waals surface area contributed by atoms with Gasteiger partial charge in [-0.15, -0.1) is 13.1 Å². The van der Waals surface area contributed by atoms with Crippen LogP contribution in [0.25, 0.3) is 5.32 Å². The molecule has 0 amide bonds. The van der Waals surface area contributed by atoms with Gasteiger partial charge in [0.25, 0.3) is 0 Å². The van der Waals surface area contributed by atoms with E-state index in [9.17, 15) is 0 Å². The van der Waals surface area contributed by atoms with Crippen LogP contribution in [0.15, 0.2) is 29.3 Å². The molecule has 1 fully saturated rings. The number of aliphatic imine (C=N–C) groups is 1. The van der Waals surface area contributed by atoms with Crippen molar-refractivity contribution in [2.75, 3.05) is 13.1 Å². The van der Waals surface area contributed by atoms with Gasteiger partial charge in [-0.05, 0) is 11.5 Å². The van der Waals surface area contributed by atoms with Crippen LogP contribution in [-0.4, -0.2) is 18.8 Å². The third-order valence-corrected chi connectivity index (χ3v) is 3.37. The number of fused-ring (bicyclic) bond motifs is 1. The Balaban J connectivity index is 0.000000722. The van der Waals surface area contributed by atoms with Crippen molar-refractivity contribution in [3.8, 4) is 0 Å². The van der Waals surface area contributed by atoms with Crippen molar-refractivity contribution in [1.29, 1.82) is 0 Å². The predicted octanol–water partition coefficient (Wildman–Crippen LogP) is 2.77. The summed E-state index contributed by atoms with van der Waals surface area (Å²) in [4.78, 5) is 4.70. The minimum absolute atomic E-state index is 0. The Morgan fingerprint density at radius 1 is 1.06 bits per heavy atom. The number of piperidine rings is 1. The summed E-state index contributed by atoms with van der Waals surface area (Å²) in [6.45, 7) is 2.93. The molecule has 2 aliphatic heterocycles. The first-order valence-corrected chi connectivity index (χ1v) is 5.71. The summed E-state index contributed by atoms with van der Waals surface area (Å²) in [6, 6.07) is 8.63. The van der Waals surface area contributed by atoms with Gasteiger partial charge in [0.15, 0.2) is 0 Å². The number of hydrogen-bond acceptors (Lipinski definition) is 1. The van der Waals surface area contributed by atoms with E-state index in [1.165, 1.54) is 29.7 Å². The first-order valence-electron chi connectivity index (χ1n) is 5.71. The van der Waals surface area contributed by atoms with Gasteiger partial charge in [0, 0.05) is 76.7 Å². The Hall–Kier alpha value is 1.06. The molecule has 1 aromatic rings. The van der Waals surface area contributed by atoms with Crippen molar-refractivity contribution in [1.82, 2.24) is 0 Å². The molecule has 0 spiro atoms. The zero-order chi connectivity index (χ0) is 10.1. The fourth-order valence-electron chi connectivity index (χ4n) is 2.54. The Labute approximate surface area is 153 Å². The van der Waals surface area contributed by atoms with Crippen LogP contribution in [0.2, 0.25) is 0 Å². The summed E-state index contributed by atoms with van der Waals surface area (Å²) in [5.41, 5.74) is 4.14. The molecular weight excluding hydrogens is 362 g/mol. The molecule has 1 aromatic carbocycles. The average Bonchev–Trinajstić information content (AvgIpc) is 2.74. The maximum atomic E-state index is 4.70. The number of nitrogens with zero attached hydrogens (tertiary/aromatic N) is 2. The summed E-state index contributed by atoms with van der Waals surface area (Å²) in [5, 5.41) is 4.40. The Bertz CT molecular complexity index is 398. The van der Waals surface area contributed by atoms with E-state index in [1.807, 2.05) is 0 Å². The third-order valence-electron chi connectivity index (χ3n) is 3.37. The quantitative estimate of drug-likeness (QED) is 0.720. The zero-order valence-electron chi connectivity index (χ0n) is 9.97.